The summed E-state index contributed by atoms with van der Waals surface area (Å²) in [6.45, 7) is 0. The maximum Gasteiger partial charge on any atom is 0.152 e. The molecule has 0 saturated carbocycles. The third-order valence-electron chi connectivity index (χ3n) is 2.57. The molecule has 0 saturated heterocycles. The molecule has 1 N–H and O–H groups in total. The SMILES string of the molecule is O=Cc1ccc2c(c1)Oc1cc(Cl)ccc1N2. The fraction of sp³-hybridized carbons (Fsp3) is 0. The zero-order chi connectivity index (χ0) is 11.8. The maximum atomic E-state index is 10.7. The number of ether oxygens (including phenoxy) is 1. The van der Waals surface area contributed by atoms with E-state index in [1.807, 2.05) is 12.1 Å². The van der Waals surface area contributed by atoms with Gasteiger partial charge < -0.3 is 10.1 Å². The second-order valence-corrected chi connectivity index (χ2v) is 4.18. The van der Waals surface area contributed by atoms with Gasteiger partial charge in [0, 0.05) is 16.7 Å². The summed E-state index contributed by atoms with van der Waals surface area (Å²) in [4.78, 5) is 10.7. The molecule has 3 rings (SSSR count). The summed E-state index contributed by atoms with van der Waals surface area (Å²) in [5.41, 5.74) is 2.28. The summed E-state index contributed by atoms with van der Waals surface area (Å²) in [5, 5.41) is 3.83. The summed E-state index contributed by atoms with van der Waals surface area (Å²) in [5.74, 6) is 1.29. The van der Waals surface area contributed by atoms with Crippen molar-refractivity contribution in [2.45, 2.75) is 0 Å². The number of carbonyl (C=O) groups excluding carboxylic acids is 1. The highest BCUT2D eigenvalue weighted by molar-refractivity contribution is 6.30. The molecule has 0 unspecified atom stereocenters. The first kappa shape index (κ1) is 10.2. The van der Waals surface area contributed by atoms with Gasteiger partial charge >= 0.3 is 0 Å². The van der Waals surface area contributed by atoms with Crippen LogP contribution in [0.25, 0.3) is 0 Å². The van der Waals surface area contributed by atoms with Crippen LogP contribution in [0.4, 0.5) is 11.4 Å². The quantitative estimate of drug-likeness (QED) is 0.659. The molecule has 0 atom stereocenters. The van der Waals surface area contributed by atoms with Gasteiger partial charge in [-0.2, -0.15) is 0 Å². The van der Waals surface area contributed by atoms with E-state index < -0.39 is 0 Å². The minimum absolute atomic E-state index is 0.580. The van der Waals surface area contributed by atoms with Gasteiger partial charge in [0.05, 0.1) is 11.4 Å². The Kier molecular flexibility index (Phi) is 2.27. The summed E-state index contributed by atoms with van der Waals surface area (Å²) < 4.78 is 5.69. The molecule has 2 aromatic carbocycles. The van der Waals surface area contributed by atoms with Gasteiger partial charge in [0.15, 0.2) is 11.5 Å². The molecule has 1 heterocycles. The van der Waals surface area contributed by atoms with Crippen LogP contribution >= 0.6 is 11.6 Å². The molecule has 1 aliphatic heterocycles. The highest BCUT2D eigenvalue weighted by Crippen LogP contribution is 2.42. The molecule has 0 amide bonds. The maximum absolute atomic E-state index is 10.7. The normalized spacial score (nSPS) is 11.8. The van der Waals surface area contributed by atoms with Crippen molar-refractivity contribution in [1.82, 2.24) is 0 Å². The first-order valence-corrected chi connectivity index (χ1v) is 5.48. The Morgan fingerprint density at radius 2 is 1.76 bits per heavy atom. The number of carbonyl (C=O) groups is 1. The van der Waals surface area contributed by atoms with Crippen LogP contribution in [0.3, 0.4) is 0 Å². The van der Waals surface area contributed by atoms with Crippen LogP contribution in [-0.4, -0.2) is 6.29 Å². The molecule has 4 heteroatoms. The topological polar surface area (TPSA) is 38.3 Å². The number of benzene rings is 2. The van der Waals surface area contributed by atoms with Gasteiger partial charge in [-0.15, -0.1) is 0 Å². The Bertz CT molecular complexity index is 610. The van der Waals surface area contributed by atoms with E-state index in [4.69, 9.17) is 16.3 Å². The number of hydrogen-bond donors (Lipinski definition) is 1. The van der Waals surface area contributed by atoms with Gasteiger partial charge in [-0.25, -0.2) is 0 Å². The largest absolute Gasteiger partial charge is 0.453 e. The van der Waals surface area contributed by atoms with Crippen LogP contribution in [0.5, 0.6) is 11.5 Å². The van der Waals surface area contributed by atoms with Crippen LogP contribution in [-0.2, 0) is 0 Å². The lowest BCUT2D eigenvalue weighted by molar-refractivity contribution is 0.112. The smallest absolute Gasteiger partial charge is 0.152 e. The Labute approximate surface area is 103 Å². The van der Waals surface area contributed by atoms with Gasteiger partial charge in [-0.3, -0.25) is 4.79 Å². The van der Waals surface area contributed by atoms with Crippen molar-refractivity contribution in [3.63, 3.8) is 0 Å². The molecule has 1 aliphatic rings. The molecule has 0 spiro atoms. The third kappa shape index (κ3) is 1.74. The van der Waals surface area contributed by atoms with E-state index in [1.54, 1.807) is 24.3 Å². The molecule has 2 aromatic rings. The second-order valence-electron chi connectivity index (χ2n) is 3.74. The molecule has 0 fully saturated rings. The number of anilines is 2. The van der Waals surface area contributed by atoms with Crippen molar-refractivity contribution in [3.8, 4) is 11.5 Å². The lowest BCUT2D eigenvalue weighted by atomic mass is 10.1. The van der Waals surface area contributed by atoms with Crippen LogP contribution in [0, 0.1) is 0 Å². The van der Waals surface area contributed by atoms with E-state index in [2.05, 4.69) is 5.32 Å². The zero-order valence-corrected chi connectivity index (χ0v) is 9.49. The van der Waals surface area contributed by atoms with Crippen LogP contribution in [0.2, 0.25) is 5.02 Å². The highest BCUT2D eigenvalue weighted by atomic mass is 35.5. The predicted molar refractivity (Wildman–Crippen MR) is 66.6 cm³/mol. The number of halogens is 1. The Balaban J connectivity index is 2.07. The van der Waals surface area contributed by atoms with Crippen molar-refractivity contribution >= 4 is 29.3 Å². The van der Waals surface area contributed by atoms with E-state index in [9.17, 15) is 4.79 Å². The number of hydrogen-bond acceptors (Lipinski definition) is 3. The molecular formula is C13H8ClNO2. The zero-order valence-electron chi connectivity index (χ0n) is 8.74. The number of nitrogens with one attached hydrogen (secondary N) is 1. The van der Waals surface area contributed by atoms with Crippen molar-refractivity contribution in [3.05, 3.63) is 47.0 Å². The molecule has 0 radical (unpaired) electrons. The molecule has 0 aromatic heterocycles. The average Bonchev–Trinajstić information content (AvgIpc) is 2.35. The molecule has 0 bridgehead atoms. The van der Waals surface area contributed by atoms with Crippen molar-refractivity contribution in [2.24, 2.45) is 0 Å². The van der Waals surface area contributed by atoms with E-state index >= 15 is 0 Å². The molecular weight excluding hydrogens is 238 g/mol. The lowest BCUT2D eigenvalue weighted by Crippen LogP contribution is -2.03. The number of rotatable bonds is 1. The van der Waals surface area contributed by atoms with Crippen LogP contribution < -0.4 is 10.1 Å². The van der Waals surface area contributed by atoms with Crippen molar-refractivity contribution < 1.29 is 9.53 Å². The first-order chi connectivity index (χ1) is 8.26. The minimum atomic E-state index is 0.580. The third-order valence-corrected chi connectivity index (χ3v) is 2.81. The van der Waals surface area contributed by atoms with Gasteiger partial charge in [-0.05, 0) is 30.3 Å². The first-order valence-electron chi connectivity index (χ1n) is 5.10. The van der Waals surface area contributed by atoms with Crippen LogP contribution in [0.15, 0.2) is 36.4 Å². The second kappa shape index (κ2) is 3.79. The molecule has 84 valence electrons. The average molecular weight is 246 g/mol. The fourth-order valence-corrected chi connectivity index (χ4v) is 1.91. The lowest BCUT2D eigenvalue weighted by Gasteiger charge is -2.21. The number of aldehydes is 1. The predicted octanol–water partition coefficient (Wildman–Crippen LogP) is 4.00. The van der Waals surface area contributed by atoms with Gasteiger partial charge in [0.25, 0.3) is 0 Å². The van der Waals surface area contributed by atoms with Gasteiger partial charge in [0.2, 0.25) is 0 Å². The summed E-state index contributed by atoms with van der Waals surface area (Å²) in [6, 6.07) is 10.6. The standard InChI is InChI=1S/C13H8ClNO2/c14-9-2-4-11-13(6-9)17-12-5-8(7-16)1-3-10(12)15-11/h1-7,15H. The molecule has 17 heavy (non-hydrogen) atoms. The van der Waals surface area contributed by atoms with E-state index in [0.717, 1.165) is 17.7 Å². The molecule has 3 nitrogen and oxygen atoms in total. The number of fused-ring (bicyclic) bond motifs is 2. The van der Waals surface area contributed by atoms with Gasteiger partial charge in [0.1, 0.15) is 6.29 Å². The Morgan fingerprint density at radius 3 is 2.53 bits per heavy atom. The van der Waals surface area contributed by atoms with Crippen LogP contribution in [0.1, 0.15) is 10.4 Å². The van der Waals surface area contributed by atoms with E-state index in [-0.39, 0.29) is 0 Å². The minimum Gasteiger partial charge on any atom is -0.453 e. The van der Waals surface area contributed by atoms with E-state index in [1.165, 1.54) is 0 Å². The Hall–Kier alpha value is -2.00. The summed E-state index contributed by atoms with van der Waals surface area (Å²) in [6.07, 6.45) is 0.789. The molecule has 0 aliphatic carbocycles. The highest BCUT2D eigenvalue weighted by Gasteiger charge is 2.16. The van der Waals surface area contributed by atoms with Crippen molar-refractivity contribution in [2.75, 3.05) is 5.32 Å². The summed E-state index contributed by atoms with van der Waals surface area (Å²) >= 11 is 5.90. The summed E-state index contributed by atoms with van der Waals surface area (Å²) in [7, 11) is 0. The Morgan fingerprint density at radius 1 is 1.06 bits per heavy atom. The monoisotopic (exact) mass is 245 g/mol. The van der Waals surface area contributed by atoms with Crippen molar-refractivity contribution in [1.29, 1.82) is 0 Å². The van der Waals surface area contributed by atoms with Gasteiger partial charge in [-0.1, -0.05) is 11.6 Å². The van der Waals surface area contributed by atoms with E-state index in [0.29, 0.717) is 22.1 Å². The fourth-order valence-electron chi connectivity index (χ4n) is 1.75.